The highest BCUT2D eigenvalue weighted by Gasteiger charge is 2.29. The normalized spacial score (nSPS) is 14.8. The molecule has 1 aromatic carbocycles. The van der Waals surface area contributed by atoms with Crippen LogP contribution in [0.2, 0.25) is 0 Å². The Morgan fingerprint density at radius 1 is 1.47 bits per heavy atom. The molecule has 0 spiro atoms. The van der Waals surface area contributed by atoms with Crippen LogP contribution in [-0.2, 0) is 11.3 Å². The standard InChI is InChI=1S/C14H16N2O2S/c1-2-7-16-11-6-5-10(8-12(11)19-14(16)18)15-13(17)9-3-4-9/h5-6,8-9H,2-4,7H2,1H3,(H,15,17). The maximum absolute atomic E-state index is 11.9. The molecule has 1 aromatic heterocycles. The zero-order chi connectivity index (χ0) is 13.4. The molecular weight excluding hydrogens is 260 g/mol. The Balaban J connectivity index is 1.92. The number of rotatable bonds is 4. The van der Waals surface area contributed by atoms with Gasteiger partial charge in [-0.3, -0.25) is 14.2 Å². The van der Waals surface area contributed by atoms with Gasteiger partial charge in [0.1, 0.15) is 0 Å². The first kappa shape index (κ1) is 12.4. The van der Waals surface area contributed by atoms with E-state index in [0.29, 0.717) is 0 Å². The second-order valence-electron chi connectivity index (χ2n) is 4.97. The lowest BCUT2D eigenvalue weighted by molar-refractivity contribution is -0.117. The summed E-state index contributed by atoms with van der Waals surface area (Å²) >= 11 is 1.24. The van der Waals surface area contributed by atoms with Gasteiger partial charge in [0.15, 0.2) is 0 Å². The molecule has 3 rings (SSSR count). The lowest BCUT2D eigenvalue weighted by Gasteiger charge is -2.05. The van der Waals surface area contributed by atoms with Crippen LogP contribution in [0.3, 0.4) is 0 Å². The van der Waals surface area contributed by atoms with Crippen molar-refractivity contribution in [3.8, 4) is 0 Å². The van der Waals surface area contributed by atoms with Crippen molar-refractivity contribution in [2.45, 2.75) is 32.7 Å². The van der Waals surface area contributed by atoms with E-state index in [1.807, 2.05) is 18.2 Å². The average molecular weight is 276 g/mol. The van der Waals surface area contributed by atoms with E-state index in [9.17, 15) is 9.59 Å². The number of aromatic nitrogens is 1. The average Bonchev–Trinajstić information content (AvgIpc) is 3.17. The first-order valence-corrected chi connectivity index (χ1v) is 7.45. The van der Waals surface area contributed by atoms with Crippen LogP contribution in [0.4, 0.5) is 5.69 Å². The van der Waals surface area contributed by atoms with Gasteiger partial charge in [-0.15, -0.1) is 0 Å². The molecular formula is C14H16N2O2S. The summed E-state index contributed by atoms with van der Waals surface area (Å²) in [5.41, 5.74) is 1.75. The number of nitrogens with one attached hydrogen (secondary N) is 1. The molecule has 1 fully saturated rings. The van der Waals surface area contributed by atoms with E-state index in [2.05, 4.69) is 12.2 Å². The molecule has 19 heavy (non-hydrogen) atoms. The third kappa shape index (κ3) is 2.42. The van der Waals surface area contributed by atoms with Crippen molar-refractivity contribution < 1.29 is 4.79 Å². The van der Waals surface area contributed by atoms with E-state index in [0.717, 1.165) is 41.7 Å². The summed E-state index contributed by atoms with van der Waals surface area (Å²) in [6.45, 7) is 2.80. The molecule has 0 atom stereocenters. The van der Waals surface area contributed by atoms with Gasteiger partial charge in [-0.25, -0.2) is 0 Å². The predicted molar refractivity (Wildman–Crippen MR) is 77.7 cm³/mol. The van der Waals surface area contributed by atoms with E-state index in [4.69, 9.17) is 0 Å². The maximum Gasteiger partial charge on any atom is 0.308 e. The number of benzene rings is 1. The molecule has 1 aliphatic rings. The number of nitrogens with zero attached hydrogens (tertiary/aromatic N) is 1. The van der Waals surface area contributed by atoms with Gasteiger partial charge in [0.05, 0.1) is 10.2 Å². The van der Waals surface area contributed by atoms with Crippen LogP contribution in [0.1, 0.15) is 26.2 Å². The Morgan fingerprint density at radius 2 is 2.26 bits per heavy atom. The maximum atomic E-state index is 11.9. The first-order chi connectivity index (χ1) is 9.19. The van der Waals surface area contributed by atoms with Crippen molar-refractivity contribution in [2.75, 3.05) is 5.32 Å². The summed E-state index contributed by atoms with van der Waals surface area (Å²) in [7, 11) is 0. The Kier molecular flexibility index (Phi) is 3.14. The number of aryl methyl sites for hydroxylation is 1. The van der Waals surface area contributed by atoms with Crippen molar-refractivity contribution in [1.29, 1.82) is 0 Å². The van der Waals surface area contributed by atoms with Crippen LogP contribution in [-0.4, -0.2) is 10.5 Å². The number of anilines is 1. The van der Waals surface area contributed by atoms with Gasteiger partial charge in [0.25, 0.3) is 0 Å². The van der Waals surface area contributed by atoms with E-state index < -0.39 is 0 Å². The topological polar surface area (TPSA) is 51.1 Å². The molecule has 0 bridgehead atoms. The summed E-state index contributed by atoms with van der Waals surface area (Å²) in [6, 6.07) is 5.69. The number of amides is 1. The van der Waals surface area contributed by atoms with Gasteiger partial charge in [0, 0.05) is 18.2 Å². The summed E-state index contributed by atoms with van der Waals surface area (Å²) in [5.74, 6) is 0.291. The highest BCUT2D eigenvalue weighted by Crippen LogP contribution is 2.30. The monoisotopic (exact) mass is 276 g/mol. The third-order valence-corrected chi connectivity index (χ3v) is 4.27. The number of thiazole rings is 1. The zero-order valence-corrected chi connectivity index (χ0v) is 11.6. The molecule has 0 saturated heterocycles. The SMILES string of the molecule is CCCn1c(=O)sc2cc(NC(=O)C3CC3)ccc21. The molecule has 1 heterocycles. The molecule has 100 valence electrons. The third-order valence-electron chi connectivity index (χ3n) is 3.33. The molecule has 0 unspecified atom stereocenters. The molecule has 1 amide bonds. The van der Waals surface area contributed by atoms with Gasteiger partial charge < -0.3 is 5.32 Å². The summed E-state index contributed by atoms with van der Waals surface area (Å²) < 4.78 is 2.74. The molecule has 1 aliphatic carbocycles. The molecule has 4 nitrogen and oxygen atoms in total. The minimum Gasteiger partial charge on any atom is -0.326 e. The molecule has 1 saturated carbocycles. The second kappa shape index (κ2) is 4.81. The van der Waals surface area contributed by atoms with Crippen molar-refractivity contribution in [1.82, 2.24) is 4.57 Å². The fourth-order valence-corrected chi connectivity index (χ4v) is 3.13. The van der Waals surface area contributed by atoms with E-state index in [1.54, 1.807) is 4.57 Å². The highest BCUT2D eigenvalue weighted by molar-refractivity contribution is 7.16. The quantitative estimate of drug-likeness (QED) is 0.933. The predicted octanol–water partition coefficient (Wildman–Crippen LogP) is 2.82. The second-order valence-corrected chi connectivity index (χ2v) is 5.96. The zero-order valence-electron chi connectivity index (χ0n) is 10.8. The number of carbonyl (C=O) groups excluding carboxylic acids is 1. The molecule has 1 N–H and O–H groups in total. The van der Waals surface area contributed by atoms with Crippen molar-refractivity contribution in [2.24, 2.45) is 5.92 Å². The van der Waals surface area contributed by atoms with Gasteiger partial charge in [-0.1, -0.05) is 18.3 Å². The van der Waals surface area contributed by atoms with E-state index >= 15 is 0 Å². The van der Waals surface area contributed by atoms with Crippen LogP contribution in [0.25, 0.3) is 10.2 Å². The lowest BCUT2D eigenvalue weighted by Crippen LogP contribution is -2.13. The van der Waals surface area contributed by atoms with Crippen LogP contribution < -0.4 is 10.2 Å². The fraction of sp³-hybridized carbons (Fsp3) is 0.429. The Bertz CT molecular complexity index is 682. The summed E-state index contributed by atoms with van der Waals surface area (Å²) in [5, 5.41) is 2.91. The molecule has 5 heteroatoms. The fourth-order valence-electron chi connectivity index (χ4n) is 2.17. The Labute approximate surface area is 115 Å². The number of hydrogen-bond acceptors (Lipinski definition) is 3. The minimum absolute atomic E-state index is 0.0718. The van der Waals surface area contributed by atoms with Gasteiger partial charge >= 0.3 is 4.87 Å². The Morgan fingerprint density at radius 3 is 2.95 bits per heavy atom. The number of fused-ring (bicyclic) bond motifs is 1. The number of hydrogen-bond donors (Lipinski definition) is 1. The van der Waals surface area contributed by atoms with Crippen molar-refractivity contribution in [3.05, 3.63) is 27.9 Å². The minimum atomic E-state index is 0.0718. The first-order valence-electron chi connectivity index (χ1n) is 6.63. The van der Waals surface area contributed by atoms with Gasteiger partial charge in [-0.2, -0.15) is 0 Å². The van der Waals surface area contributed by atoms with Crippen LogP contribution in [0, 0.1) is 5.92 Å². The lowest BCUT2D eigenvalue weighted by atomic mass is 10.2. The van der Waals surface area contributed by atoms with Crippen LogP contribution in [0.5, 0.6) is 0 Å². The van der Waals surface area contributed by atoms with Crippen molar-refractivity contribution >= 4 is 33.1 Å². The van der Waals surface area contributed by atoms with Gasteiger partial charge in [0.2, 0.25) is 5.91 Å². The Hall–Kier alpha value is -1.62. The molecule has 0 radical (unpaired) electrons. The largest absolute Gasteiger partial charge is 0.326 e. The van der Waals surface area contributed by atoms with Crippen molar-refractivity contribution in [3.63, 3.8) is 0 Å². The summed E-state index contributed by atoms with van der Waals surface area (Å²) in [6.07, 6.45) is 2.93. The van der Waals surface area contributed by atoms with Gasteiger partial charge in [-0.05, 0) is 37.5 Å². The van der Waals surface area contributed by atoms with Crippen LogP contribution >= 0.6 is 11.3 Å². The molecule has 2 aromatic rings. The number of carbonyl (C=O) groups is 1. The van der Waals surface area contributed by atoms with Crippen LogP contribution in [0.15, 0.2) is 23.0 Å². The van der Waals surface area contributed by atoms with E-state index in [1.165, 1.54) is 11.3 Å². The summed E-state index contributed by atoms with van der Waals surface area (Å²) in [4.78, 5) is 23.7. The highest BCUT2D eigenvalue weighted by atomic mass is 32.1. The molecule has 0 aliphatic heterocycles. The smallest absolute Gasteiger partial charge is 0.308 e. The van der Waals surface area contributed by atoms with E-state index in [-0.39, 0.29) is 16.7 Å².